The van der Waals surface area contributed by atoms with Crippen molar-refractivity contribution in [1.82, 2.24) is 10.3 Å². The molecule has 1 unspecified atom stereocenters. The number of carbonyl (C=O) groups excluding carboxylic acids is 3. The lowest BCUT2D eigenvalue weighted by atomic mass is 10.1. The summed E-state index contributed by atoms with van der Waals surface area (Å²) >= 11 is 8.95. The van der Waals surface area contributed by atoms with E-state index in [2.05, 4.69) is 20.9 Å². The van der Waals surface area contributed by atoms with Crippen LogP contribution in [0.15, 0.2) is 119 Å². The number of nitrogens with zero attached hydrogens (tertiary/aromatic N) is 1. The molecule has 5 aromatic rings. The summed E-state index contributed by atoms with van der Waals surface area (Å²) in [5.41, 5.74) is 2.90. The molecule has 0 bridgehead atoms. The van der Waals surface area contributed by atoms with Crippen LogP contribution >= 0.6 is 34.7 Å². The van der Waals surface area contributed by atoms with Gasteiger partial charge in [0, 0.05) is 32.1 Å². The number of benzene rings is 4. The Morgan fingerprint density at radius 3 is 2.29 bits per heavy atom. The summed E-state index contributed by atoms with van der Waals surface area (Å²) in [7, 11) is 0. The Morgan fingerprint density at radius 2 is 1.58 bits per heavy atom. The van der Waals surface area contributed by atoms with Crippen LogP contribution in [0.2, 0.25) is 5.02 Å². The number of carbonyl (C=O) groups is 3. The van der Waals surface area contributed by atoms with Crippen LogP contribution in [0.25, 0.3) is 17.3 Å². The van der Waals surface area contributed by atoms with Gasteiger partial charge < -0.3 is 16.0 Å². The summed E-state index contributed by atoms with van der Waals surface area (Å²) in [4.78, 5) is 44.3. The maximum atomic E-state index is 13.3. The Bertz CT molecular complexity index is 1850. The first-order valence-corrected chi connectivity index (χ1v) is 15.8. The predicted octanol–water partition coefficient (Wildman–Crippen LogP) is 8.13. The molecule has 1 heterocycles. The molecule has 0 aliphatic heterocycles. The number of aromatic nitrogens is 1. The number of halogens is 2. The third-order valence-electron chi connectivity index (χ3n) is 6.40. The molecule has 1 aromatic heterocycles. The first-order valence-electron chi connectivity index (χ1n) is 13.7. The van der Waals surface area contributed by atoms with Crippen molar-refractivity contribution in [3.63, 3.8) is 0 Å². The third kappa shape index (κ3) is 8.66. The molecule has 3 amide bonds. The van der Waals surface area contributed by atoms with Crippen molar-refractivity contribution in [1.29, 1.82) is 0 Å². The maximum Gasteiger partial charge on any atom is 0.272 e. The van der Waals surface area contributed by atoms with Crippen molar-refractivity contribution in [2.24, 2.45) is 0 Å². The lowest BCUT2D eigenvalue weighted by Crippen LogP contribution is -2.30. The molecule has 7 nitrogen and oxygen atoms in total. The van der Waals surface area contributed by atoms with Gasteiger partial charge in [-0.05, 0) is 85.3 Å². The molecule has 0 aliphatic carbocycles. The Labute approximate surface area is 272 Å². The van der Waals surface area contributed by atoms with E-state index in [9.17, 15) is 18.8 Å². The van der Waals surface area contributed by atoms with Gasteiger partial charge in [0.05, 0.1) is 10.9 Å². The van der Waals surface area contributed by atoms with Crippen molar-refractivity contribution in [3.05, 3.63) is 136 Å². The second-order valence-corrected chi connectivity index (χ2v) is 12.4. The molecule has 0 saturated carbocycles. The van der Waals surface area contributed by atoms with Crippen LogP contribution in [-0.4, -0.2) is 28.0 Å². The van der Waals surface area contributed by atoms with Gasteiger partial charge in [-0.2, -0.15) is 0 Å². The summed E-state index contributed by atoms with van der Waals surface area (Å²) in [5.74, 6) is -1.52. The molecule has 5 rings (SSSR count). The molecule has 11 heteroatoms. The average molecular weight is 657 g/mol. The fourth-order valence-corrected chi connectivity index (χ4v) is 5.83. The number of rotatable bonds is 10. The maximum absolute atomic E-state index is 13.3. The number of nitrogens with one attached hydrogen (secondary N) is 3. The molecular weight excluding hydrogens is 631 g/mol. The van der Waals surface area contributed by atoms with Gasteiger partial charge in [-0.1, -0.05) is 48.0 Å². The summed E-state index contributed by atoms with van der Waals surface area (Å²) in [6.45, 7) is 1.78. The van der Waals surface area contributed by atoms with Gasteiger partial charge in [0.2, 0.25) is 5.91 Å². The molecule has 3 N–H and O–H groups in total. The highest BCUT2D eigenvalue weighted by atomic mass is 35.5. The van der Waals surface area contributed by atoms with Gasteiger partial charge in [-0.3, -0.25) is 14.4 Å². The van der Waals surface area contributed by atoms with E-state index in [1.807, 2.05) is 0 Å². The van der Waals surface area contributed by atoms with Crippen LogP contribution in [0.3, 0.4) is 0 Å². The predicted molar refractivity (Wildman–Crippen MR) is 180 cm³/mol. The van der Waals surface area contributed by atoms with Crippen LogP contribution in [0.5, 0.6) is 0 Å². The van der Waals surface area contributed by atoms with E-state index in [1.165, 1.54) is 41.3 Å². The highest BCUT2D eigenvalue weighted by Gasteiger charge is 2.18. The molecule has 0 spiro atoms. The molecule has 0 aliphatic rings. The zero-order chi connectivity index (χ0) is 31.8. The van der Waals surface area contributed by atoms with Gasteiger partial charge in [-0.15, -0.1) is 23.1 Å². The fraction of sp³-hybridized carbons (Fsp3) is 0.0588. The Kier molecular flexibility index (Phi) is 10.4. The summed E-state index contributed by atoms with van der Waals surface area (Å²) < 4.78 is 13.2. The molecule has 0 fully saturated rings. The topological polar surface area (TPSA) is 100 Å². The normalized spacial score (nSPS) is 11.8. The number of hydrogen-bond donors (Lipinski definition) is 3. The third-order valence-corrected chi connectivity index (χ3v) is 8.62. The van der Waals surface area contributed by atoms with Gasteiger partial charge in [0.1, 0.15) is 11.5 Å². The smallest absolute Gasteiger partial charge is 0.272 e. The van der Waals surface area contributed by atoms with Crippen molar-refractivity contribution in [2.75, 3.05) is 10.6 Å². The summed E-state index contributed by atoms with van der Waals surface area (Å²) in [5, 5.41) is 10.6. The van der Waals surface area contributed by atoms with E-state index in [0.717, 1.165) is 10.5 Å². The van der Waals surface area contributed by atoms with Crippen LogP contribution in [0.4, 0.5) is 15.2 Å². The van der Waals surface area contributed by atoms with Gasteiger partial charge in [0.15, 0.2) is 5.13 Å². The van der Waals surface area contributed by atoms with E-state index in [1.54, 1.807) is 103 Å². The van der Waals surface area contributed by atoms with Crippen LogP contribution in [-0.2, 0) is 9.59 Å². The Morgan fingerprint density at radius 1 is 0.889 bits per heavy atom. The molecule has 45 heavy (non-hydrogen) atoms. The zero-order valence-electron chi connectivity index (χ0n) is 23.8. The van der Waals surface area contributed by atoms with E-state index < -0.39 is 17.1 Å². The first kappa shape index (κ1) is 31.6. The monoisotopic (exact) mass is 656 g/mol. The molecular formula is C34H26ClFN4O3S2. The Balaban J connectivity index is 1.21. The lowest BCUT2D eigenvalue weighted by Gasteiger charge is -2.13. The van der Waals surface area contributed by atoms with E-state index in [4.69, 9.17) is 11.6 Å². The highest BCUT2D eigenvalue weighted by Crippen LogP contribution is 2.28. The lowest BCUT2D eigenvalue weighted by molar-refractivity contribution is -0.115. The minimum Gasteiger partial charge on any atom is -0.321 e. The average Bonchev–Trinajstić information content (AvgIpc) is 3.51. The first-order chi connectivity index (χ1) is 21.7. The number of hydrogen-bond acceptors (Lipinski definition) is 6. The Hall–Kier alpha value is -4.77. The minimum atomic E-state index is -0.532. The zero-order valence-corrected chi connectivity index (χ0v) is 26.2. The van der Waals surface area contributed by atoms with Gasteiger partial charge in [0.25, 0.3) is 11.8 Å². The van der Waals surface area contributed by atoms with E-state index in [-0.39, 0.29) is 17.4 Å². The van der Waals surface area contributed by atoms with E-state index in [0.29, 0.717) is 32.7 Å². The van der Waals surface area contributed by atoms with Crippen molar-refractivity contribution >= 4 is 69.3 Å². The largest absolute Gasteiger partial charge is 0.321 e. The molecule has 0 saturated heterocycles. The van der Waals surface area contributed by atoms with Crippen molar-refractivity contribution in [2.45, 2.75) is 17.1 Å². The number of thiazole rings is 1. The molecule has 0 radical (unpaired) electrons. The van der Waals surface area contributed by atoms with Gasteiger partial charge >= 0.3 is 0 Å². The quantitative estimate of drug-likeness (QED) is 0.104. The summed E-state index contributed by atoms with van der Waals surface area (Å²) in [6, 6.07) is 28.6. The molecule has 1 atom stereocenters. The second kappa shape index (κ2) is 14.8. The van der Waals surface area contributed by atoms with Crippen molar-refractivity contribution in [3.8, 4) is 11.3 Å². The molecule has 4 aromatic carbocycles. The summed E-state index contributed by atoms with van der Waals surface area (Å²) in [6.07, 6.45) is 1.52. The highest BCUT2D eigenvalue weighted by molar-refractivity contribution is 8.00. The van der Waals surface area contributed by atoms with Crippen molar-refractivity contribution < 1.29 is 18.8 Å². The van der Waals surface area contributed by atoms with Gasteiger partial charge in [-0.25, -0.2) is 9.37 Å². The van der Waals surface area contributed by atoms with Crippen LogP contribution < -0.4 is 16.0 Å². The van der Waals surface area contributed by atoms with E-state index >= 15 is 0 Å². The van der Waals surface area contributed by atoms with Crippen LogP contribution in [0, 0.1) is 5.82 Å². The number of thioether (sulfide) groups is 1. The second-order valence-electron chi connectivity index (χ2n) is 9.67. The minimum absolute atomic E-state index is 0.0190. The standard InChI is InChI=1S/C34H26ClFN4O3S2/c1-21(31(41)40-34-39-30(20-44-34)22-11-13-25(36)14-12-22)45-27-17-15-26(16-18-27)37-33(43)29(19-24-9-5-6-10-28(24)35)38-32(42)23-7-3-2-4-8-23/h2-21H,1H3,(H,37,43)(H,38,42)(H,39,40,41)/b29-19-. The number of anilines is 2. The fourth-order valence-electron chi connectivity index (χ4n) is 4.05. The number of amides is 3. The SMILES string of the molecule is CC(Sc1ccc(NC(=O)/C(=C/c2ccccc2Cl)NC(=O)c2ccccc2)cc1)C(=O)Nc1nc(-c2ccc(F)cc2)cs1. The van der Waals surface area contributed by atoms with Crippen LogP contribution in [0.1, 0.15) is 22.8 Å². The molecule has 226 valence electrons.